The zero-order chi connectivity index (χ0) is 12.7. The van der Waals surface area contributed by atoms with Crippen LogP contribution in [0.2, 0.25) is 5.02 Å². The van der Waals surface area contributed by atoms with Gasteiger partial charge < -0.3 is 5.32 Å². The van der Waals surface area contributed by atoms with Crippen molar-refractivity contribution >= 4 is 29.1 Å². The van der Waals surface area contributed by atoms with E-state index < -0.39 is 0 Å². The van der Waals surface area contributed by atoms with Gasteiger partial charge in [0.05, 0.1) is 0 Å². The van der Waals surface area contributed by atoms with Gasteiger partial charge >= 0.3 is 0 Å². The number of halogens is 2. The van der Waals surface area contributed by atoms with Crippen molar-refractivity contribution in [3.8, 4) is 0 Å². The second kappa shape index (κ2) is 7.57. The zero-order valence-electron chi connectivity index (χ0n) is 9.93. The van der Waals surface area contributed by atoms with E-state index in [9.17, 15) is 4.79 Å². The van der Waals surface area contributed by atoms with Gasteiger partial charge in [0.15, 0.2) is 0 Å². The van der Waals surface area contributed by atoms with Gasteiger partial charge in [0.25, 0.3) is 5.91 Å². The van der Waals surface area contributed by atoms with E-state index in [1.807, 2.05) is 13.0 Å². The lowest BCUT2D eigenvalue weighted by molar-refractivity contribution is 0.0952. The van der Waals surface area contributed by atoms with E-state index >= 15 is 0 Å². The minimum Gasteiger partial charge on any atom is -0.352 e. The van der Waals surface area contributed by atoms with Crippen LogP contribution in [0.1, 0.15) is 35.2 Å². The summed E-state index contributed by atoms with van der Waals surface area (Å²) in [5.74, 6) is 0.623. The fourth-order valence-corrected chi connectivity index (χ4v) is 1.89. The predicted octanol–water partition coefficient (Wildman–Crippen LogP) is 3.79. The maximum absolute atomic E-state index is 11.9. The summed E-state index contributed by atoms with van der Waals surface area (Å²) in [6.45, 7) is 2.58. The smallest absolute Gasteiger partial charge is 0.251 e. The van der Waals surface area contributed by atoms with E-state index in [0.717, 1.165) is 24.8 Å². The van der Waals surface area contributed by atoms with Crippen molar-refractivity contribution in [3.63, 3.8) is 0 Å². The number of benzene rings is 1. The van der Waals surface area contributed by atoms with Crippen molar-refractivity contribution in [2.24, 2.45) is 0 Å². The average molecular weight is 274 g/mol. The molecule has 0 bridgehead atoms. The highest BCUT2D eigenvalue weighted by molar-refractivity contribution is 6.31. The SMILES string of the molecule is Cc1ccc(Cl)cc1C(=O)NCCCCCCl. The summed E-state index contributed by atoms with van der Waals surface area (Å²) in [6, 6.07) is 5.34. The number of hydrogen-bond acceptors (Lipinski definition) is 1. The van der Waals surface area contributed by atoms with E-state index in [1.165, 1.54) is 0 Å². The second-order valence-electron chi connectivity index (χ2n) is 3.96. The fraction of sp³-hybridized carbons (Fsp3) is 0.462. The summed E-state index contributed by atoms with van der Waals surface area (Å²) in [5.41, 5.74) is 1.59. The molecule has 0 aromatic heterocycles. The number of carbonyl (C=O) groups is 1. The molecule has 2 nitrogen and oxygen atoms in total. The molecule has 1 amide bonds. The normalized spacial score (nSPS) is 10.3. The molecule has 17 heavy (non-hydrogen) atoms. The molecule has 0 aliphatic heterocycles. The lowest BCUT2D eigenvalue weighted by Gasteiger charge is -2.07. The monoisotopic (exact) mass is 273 g/mol. The van der Waals surface area contributed by atoms with Gasteiger partial charge in [-0.2, -0.15) is 0 Å². The molecule has 0 saturated carbocycles. The molecule has 0 fully saturated rings. The third kappa shape index (κ3) is 4.97. The quantitative estimate of drug-likeness (QED) is 0.620. The number of nitrogens with one attached hydrogen (secondary N) is 1. The van der Waals surface area contributed by atoms with E-state index in [1.54, 1.807) is 12.1 Å². The van der Waals surface area contributed by atoms with Crippen LogP contribution in [0.5, 0.6) is 0 Å². The highest BCUT2D eigenvalue weighted by Crippen LogP contribution is 2.15. The van der Waals surface area contributed by atoms with Gasteiger partial charge in [-0.05, 0) is 37.5 Å². The van der Waals surface area contributed by atoms with E-state index in [0.29, 0.717) is 23.0 Å². The Morgan fingerprint density at radius 3 is 2.76 bits per heavy atom. The zero-order valence-corrected chi connectivity index (χ0v) is 11.4. The number of rotatable bonds is 6. The van der Waals surface area contributed by atoms with Crippen LogP contribution in [0.15, 0.2) is 18.2 Å². The highest BCUT2D eigenvalue weighted by Gasteiger charge is 2.08. The van der Waals surface area contributed by atoms with Gasteiger partial charge in [0.2, 0.25) is 0 Å². The van der Waals surface area contributed by atoms with Crippen molar-refractivity contribution in [2.75, 3.05) is 12.4 Å². The van der Waals surface area contributed by atoms with Crippen LogP contribution in [-0.4, -0.2) is 18.3 Å². The van der Waals surface area contributed by atoms with E-state index in [4.69, 9.17) is 23.2 Å². The third-order valence-electron chi connectivity index (χ3n) is 2.54. The molecule has 1 aromatic rings. The van der Waals surface area contributed by atoms with Crippen LogP contribution in [-0.2, 0) is 0 Å². The van der Waals surface area contributed by atoms with Crippen molar-refractivity contribution in [2.45, 2.75) is 26.2 Å². The van der Waals surface area contributed by atoms with Crippen LogP contribution in [0.25, 0.3) is 0 Å². The van der Waals surface area contributed by atoms with Crippen molar-refractivity contribution in [3.05, 3.63) is 34.3 Å². The standard InChI is InChI=1S/C13H17Cl2NO/c1-10-5-6-11(15)9-12(10)13(17)16-8-4-2-3-7-14/h5-6,9H,2-4,7-8H2,1H3,(H,16,17). The number of aryl methyl sites for hydroxylation is 1. The minimum atomic E-state index is -0.0594. The largest absolute Gasteiger partial charge is 0.352 e. The molecule has 1 rings (SSSR count). The number of unbranched alkanes of at least 4 members (excludes halogenated alkanes) is 2. The molecule has 0 saturated heterocycles. The Kier molecular flexibility index (Phi) is 6.38. The first kappa shape index (κ1) is 14.3. The summed E-state index contributed by atoms with van der Waals surface area (Å²) in [4.78, 5) is 11.9. The first-order chi connectivity index (χ1) is 8.15. The maximum Gasteiger partial charge on any atom is 0.251 e. The van der Waals surface area contributed by atoms with Crippen LogP contribution in [0.4, 0.5) is 0 Å². The summed E-state index contributed by atoms with van der Waals surface area (Å²) >= 11 is 11.4. The van der Waals surface area contributed by atoms with Crippen LogP contribution < -0.4 is 5.32 Å². The molecule has 0 atom stereocenters. The summed E-state index contributed by atoms with van der Waals surface area (Å²) < 4.78 is 0. The molecule has 4 heteroatoms. The molecule has 0 radical (unpaired) electrons. The van der Waals surface area contributed by atoms with Gasteiger partial charge in [-0.1, -0.05) is 24.1 Å². The molecule has 0 aliphatic carbocycles. The lowest BCUT2D eigenvalue weighted by atomic mass is 10.1. The number of alkyl halides is 1. The molecule has 0 aliphatic rings. The average Bonchev–Trinajstić information content (AvgIpc) is 2.32. The van der Waals surface area contributed by atoms with Gasteiger partial charge in [-0.25, -0.2) is 0 Å². The molecular formula is C13H17Cl2NO. The number of carbonyl (C=O) groups excluding carboxylic acids is 1. The molecule has 1 aromatic carbocycles. The Balaban J connectivity index is 2.44. The minimum absolute atomic E-state index is 0.0594. The second-order valence-corrected chi connectivity index (χ2v) is 4.78. The summed E-state index contributed by atoms with van der Waals surface area (Å²) in [6.07, 6.45) is 2.99. The number of hydrogen-bond donors (Lipinski definition) is 1. The van der Waals surface area contributed by atoms with Crippen molar-refractivity contribution < 1.29 is 4.79 Å². The Bertz CT molecular complexity index is 380. The Labute approximate surface area is 112 Å². The lowest BCUT2D eigenvalue weighted by Crippen LogP contribution is -2.25. The van der Waals surface area contributed by atoms with Gasteiger partial charge in [-0.15, -0.1) is 11.6 Å². The van der Waals surface area contributed by atoms with E-state index in [2.05, 4.69) is 5.32 Å². The molecular weight excluding hydrogens is 257 g/mol. The first-order valence-corrected chi connectivity index (χ1v) is 6.66. The van der Waals surface area contributed by atoms with Crippen LogP contribution in [0, 0.1) is 6.92 Å². The van der Waals surface area contributed by atoms with Gasteiger partial charge in [0.1, 0.15) is 0 Å². The molecule has 1 N–H and O–H groups in total. The molecule has 0 heterocycles. The van der Waals surface area contributed by atoms with Gasteiger partial charge in [-0.3, -0.25) is 4.79 Å². The van der Waals surface area contributed by atoms with Gasteiger partial charge in [0, 0.05) is 23.0 Å². The Hall–Kier alpha value is -0.730. The topological polar surface area (TPSA) is 29.1 Å². The molecule has 0 unspecified atom stereocenters. The van der Waals surface area contributed by atoms with Crippen molar-refractivity contribution in [1.82, 2.24) is 5.32 Å². The highest BCUT2D eigenvalue weighted by atomic mass is 35.5. The summed E-state index contributed by atoms with van der Waals surface area (Å²) in [5, 5.41) is 3.47. The number of amides is 1. The van der Waals surface area contributed by atoms with Crippen LogP contribution >= 0.6 is 23.2 Å². The fourth-order valence-electron chi connectivity index (χ4n) is 1.53. The van der Waals surface area contributed by atoms with Crippen LogP contribution in [0.3, 0.4) is 0 Å². The predicted molar refractivity (Wildman–Crippen MR) is 73.1 cm³/mol. The Morgan fingerprint density at radius 2 is 2.06 bits per heavy atom. The molecule has 0 spiro atoms. The summed E-state index contributed by atoms with van der Waals surface area (Å²) in [7, 11) is 0. The maximum atomic E-state index is 11.9. The molecule has 94 valence electrons. The third-order valence-corrected chi connectivity index (χ3v) is 3.04. The van der Waals surface area contributed by atoms with E-state index in [-0.39, 0.29) is 5.91 Å². The van der Waals surface area contributed by atoms with Crippen molar-refractivity contribution in [1.29, 1.82) is 0 Å². The Morgan fingerprint density at radius 1 is 1.29 bits per heavy atom. The first-order valence-electron chi connectivity index (χ1n) is 5.75.